The van der Waals surface area contributed by atoms with E-state index in [2.05, 4.69) is 30.3 Å². The lowest BCUT2D eigenvalue weighted by molar-refractivity contribution is 0.416. The van der Waals surface area contributed by atoms with E-state index >= 15 is 0 Å². The summed E-state index contributed by atoms with van der Waals surface area (Å²) >= 11 is 0. The van der Waals surface area contributed by atoms with Crippen LogP contribution < -0.4 is 4.74 Å². The third-order valence-corrected chi connectivity index (χ3v) is 4.74. The summed E-state index contributed by atoms with van der Waals surface area (Å²) in [6.45, 7) is 6.00. The molecule has 0 N–H and O–H groups in total. The lowest BCUT2D eigenvalue weighted by atomic mass is 10.0. The highest BCUT2D eigenvalue weighted by Crippen LogP contribution is 2.33. The van der Waals surface area contributed by atoms with Gasteiger partial charge in [0.15, 0.2) is 0 Å². The molecule has 0 unspecified atom stereocenters. The Balaban J connectivity index is 0.00000132. The molecule has 0 atom stereocenters. The molecule has 31 heavy (non-hydrogen) atoms. The highest BCUT2D eigenvalue weighted by Gasteiger charge is 2.15. The van der Waals surface area contributed by atoms with Crippen molar-refractivity contribution in [2.45, 2.75) is 20.8 Å². The number of nitrogens with zero attached hydrogens (tertiary/aromatic N) is 2. The van der Waals surface area contributed by atoms with E-state index in [1.807, 2.05) is 87.5 Å². The van der Waals surface area contributed by atoms with Crippen LogP contribution in [0.3, 0.4) is 0 Å². The standard InChI is InChI=1S/C26H22N2O.C2H6/c1-19-25(21-13-7-4-8-14-21)28-23(18-17-20-11-5-3-6-12-20)26(27-19)22-15-9-10-16-24(22)29-2;1-2/h3-18H,1-2H3;1-2H3/b18-17+;. The Morgan fingerprint density at radius 1 is 0.677 bits per heavy atom. The van der Waals surface area contributed by atoms with Gasteiger partial charge in [-0.2, -0.15) is 0 Å². The van der Waals surface area contributed by atoms with Crippen LogP contribution in [0.1, 0.15) is 30.8 Å². The van der Waals surface area contributed by atoms with Crippen molar-refractivity contribution in [1.82, 2.24) is 9.97 Å². The Morgan fingerprint density at radius 2 is 1.29 bits per heavy atom. The van der Waals surface area contributed by atoms with Gasteiger partial charge < -0.3 is 4.74 Å². The third-order valence-electron chi connectivity index (χ3n) is 4.74. The number of methoxy groups -OCH3 is 1. The summed E-state index contributed by atoms with van der Waals surface area (Å²) in [6.07, 6.45) is 4.09. The molecule has 0 aliphatic heterocycles. The zero-order chi connectivity index (χ0) is 22.1. The molecule has 3 nitrogen and oxygen atoms in total. The second kappa shape index (κ2) is 10.9. The first-order valence-electron chi connectivity index (χ1n) is 10.6. The van der Waals surface area contributed by atoms with Crippen molar-refractivity contribution in [1.29, 1.82) is 0 Å². The third kappa shape index (κ3) is 5.26. The smallest absolute Gasteiger partial charge is 0.128 e. The number of hydrogen-bond donors (Lipinski definition) is 0. The average molecular weight is 409 g/mol. The van der Waals surface area contributed by atoms with Crippen molar-refractivity contribution in [3.63, 3.8) is 0 Å². The number of hydrogen-bond acceptors (Lipinski definition) is 3. The number of aromatic nitrogens is 2. The molecule has 0 bridgehead atoms. The Kier molecular flexibility index (Phi) is 7.72. The molecule has 0 aliphatic rings. The van der Waals surface area contributed by atoms with Gasteiger partial charge in [-0.3, -0.25) is 0 Å². The van der Waals surface area contributed by atoms with Gasteiger partial charge in [-0.15, -0.1) is 0 Å². The predicted octanol–water partition coefficient (Wildman–Crippen LogP) is 7.32. The summed E-state index contributed by atoms with van der Waals surface area (Å²) in [6, 6.07) is 28.3. The minimum Gasteiger partial charge on any atom is -0.496 e. The first-order chi connectivity index (χ1) is 15.3. The summed E-state index contributed by atoms with van der Waals surface area (Å²) in [5.74, 6) is 0.781. The van der Waals surface area contributed by atoms with Crippen LogP contribution in [0.4, 0.5) is 0 Å². The van der Waals surface area contributed by atoms with Crippen molar-refractivity contribution in [3.8, 4) is 28.3 Å². The van der Waals surface area contributed by atoms with Gasteiger partial charge in [0.2, 0.25) is 0 Å². The average Bonchev–Trinajstić information content (AvgIpc) is 2.85. The molecule has 3 aromatic carbocycles. The van der Waals surface area contributed by atoms with E-state index in [9.17, 15) is 0 Å². The Hall–Kier alpha value is -3.72. The Morgan fingerprint density at radius 3 is 1.97 bits per heavy atom. The van der Waals surface area contributed by atoms with Crippen molar-refractivity contribution in [2.24, 2.45) is 0 Å². The topological polar surface area (TPSA) is 35.0 Å². The predicted molar refractivity (Wildman–Crippen MR) is 131 cm³/mol. The fraction of sp³-hybridized carbons (Fsp3) is 0.143. The van der Waals surface area contributed by atoms with Gasteiger partial charge in [-0.05, 0) is 30.7 Å². The minimum absolute atomic E-state index is 0.781. The van der Waals surface area contributed by atoms with E-state index in [0.717, 1.165) is 45.2 Å². The fourth-order valence-electron chi connectivity index (χ4n) is 3.30. The minimum atomic E-state index is 0.781. The maximum atomic E-state index is 5.58. The highest BCUT2D eigenvalue weighted by molar-refractivity contribution is 5.81. The molecule has 3 heteroatoms. The molecule has 4 rings (SSSR count). The molecular weight excluding hydrogens is 380 g/mol. The molecule has 1 aromatic heterocycles. The van der Waals surface area contributed by atoms with Gasteiger partial charge in [0.1, 0.15) is 5.75 Å². The Bertz CT molecular complexity index is 1140. The first-order valence-corrected chi connectivity index (χ1v) is 10.6. The number of benzene rings is 3. The molecule has 1 heterocycles. The fourth-order valence-corrected chi connectivity index (χ4v) is 3.30. The van der Waals surface area contributed by atoms with Gasteiger partial charge >= 0.3 is 0 Å². The van der Waals surface area contributed by atoms with E-state index in [1.165, 1.54) is 0 Å². The summed E-state index contributed by atoms with van der Waals surface area (Å²) in [5, 5.41) is 0. The molecule has 0 radical (unpaired) electrons. The zero-order valence-electron chi connectivity index (χ0n) is 18.5. The molecule has 156 valence electrons. The monoisotopic (exact) mass is 408 g/mol. The normalized spacial score (nSPS) is 10.5. The first kappa shape index (κ1) is 22.0. The largest absolute Gasteiger partial charge is 0.496 e. The summed E-state index contributed by atoms with van der Waals surface area (Å²) < 4.78 is 5.58. The quantitative estimate of drug-likeness (QED) is 0.347. The highest BCUT2D eigenvalue weighted by atomic mass is 16.5. The molecule has 0 spiro atoms. The number of para-hydroxylation sites is 1. The van der Waals surface area contributed by atoms with Crippen LogP contribution in [0.25, 0.3) is 34.7 Å². The zero-order valence-corrected chi connectivity index (χ0v) is 18.5. The lowest BCUT2D eigenvalue weighted by Crippen LogP contribution is -2.01. The maximum absolute atomic E-state index is 5.58. The van der Waals surface area contributed by atoms with Crippen molar-refractivity contribution < 1.29 is 4.74 Å². The SMILES string of the molecule is CC.COc1ccccc1-c1nc(C)c(-c2ccccc2)nc1/C=C/c1ccccc1. The second-order valence-corrected chi connectivity index (χ2v) is 6.70. The molecular formula is C28H28N2O. The van der Waals surface area contributed by atoms with Crippen molar-refractivity contribution in [2.75, 3.05) is 7.11 Å². The Labute approximate surface area is 185 Å². The van der Waals surface area contributed by atoms with Crippen LogP contribution in [0.2, 0.25) is 0 Å². The van der Waals surface area contributed by atoms with Crippen LogP contribution in [0.15, 0.2) is 84.9 Å². The van der Waals surface area contributed by atoms with Crippen molar-refractivity contribution in [3.05, 3.63) is 102 Å². The lowest BCUT2D eigenvalue weighted by Gasteiger charge is -2.13. The van der Waals surface area contributed by atoms with Gasteiger partial charge in [0.25, 0.3) is 0 Å². The number of ether oxygens (including phenoxy) is 1. The maximum Gasteiger partial charge on any atom is 0.128 e. The van der Waals surface area contributed by atoms with Gasteiger partial charge in [-0.25, -0.2) is 9.97 Å². The van der Waals surface area contributed by atoms with E-state index in [1.54, 1.807) is 7.11 Å². The molecule has 0 saturated heterocycles. The number of aryl methyl sites for hydroxylation is 1. The second-order valence-electron chi connectivity index (χ2n) is 6.70. The molecule has 0 aliphatic carbocycles. The van der Waals surface area contributed by atoms with Crippen molar-refractivity contribution >= 4 is 12.2 Å². The van der Waals surface area contributed by atoms with Gasteiger partial charge in [-0.1, -0.05) is 92.7 Å². The van der Waals surface area contributed by atoms with E-state index in [0.29, 0.717) is 0 Å². The molecule has 0 saturated carbocycles. The van der Waals surface area contributed by atoms with E-state index in [4.69, 9.17) is 14.7 Å². The van der Waals surface area contributed by atoms with Crippen LogP contribution in [-0.4, -0.2) is 17.1 Å². The van der Waals surface area contributed by atoms with Crippen LogP contribution in [-0.2, 0) is 0 Å². The number of rotatable bonds is 5. The van der Waals surface area contributed by atoms with E-state index < -0.39 is 0 Å². The van der Waals surface area contributed by atoms with Crippen LogP contribution in [0.5, 0.6) is 5.75 Å². The van der Waals surface area contributed by atoms with Gasteiger partial charge in [0, 0.05) is 11.1 Å². The molecule has 0 amide bonds. The van der Waals surface area contributed by atoms with Gasteiger partial charge in [0.05, 0.1) is 29.9 Å². The van der Waals surface area contributed by atoms with Crippen LogP contribution in [0, 0.1) is 6.92 Å². The summed E-state index contributed by atoms with van der Waals surface area (Å²) in [5.41, 5.74) is 6.49. The van der Waals surface area contributed by atoms with E-state index in [-0.39, 0.29) is 0 Å². The summed E-state index contributed by atoms with van der Waals surface area (Å²) in [4.78, 5) is 9.95. The molecule has 0 fully saturated rings. The molecule has 4 aromatic rings. The summed E-state index contributed by atoms with van der Waals surface area (Å²) in [7, 11) is 1.68. The van der Waals surface area contributed by atoms with Crippen LogP contribution >= 0.6 is 0 Å².